The highest BCUT2D eigenvalue weighted by Gasteiger charge is 2.04. The maximum Gasteiger partial charge on any atom is 0.146 e. The van der Waals surface area contributed by atoms with Gasteiger partial charge in [0.2, 0.25) is 0 Å². The van der Waals surface area contributed by atoms with Gasteiger partial charge in [0.1, 0.15) is 11.5 Å². The van der Waals surface area contributed by atoms with Crippen molar-refractivity contribution in [3.05, 3.63) is 53.3 Å². The molecule has 0 saturated heterocycles. The van der Waals surface area contributed by atoms with Crippen LogP contribution in [0.1, 0.15) is 18.7 Å². The third kappa shape index (κ3) is 2.96. The quantitative estimate of drug-likeness (QED) is 0.904. The number of rotatable bonds is 3. The molecule has 0 radical (unpaired) electrons. The SMILES string of the molecule is CC(O)c1ccc(Oc2ccccc2Cl)cn1. The molecular formula is C13H12ClNO2. The van der Waals surface area contributed by atoms with E-state index in [0.717, 1.165) is 0 Å². The van der Waals surface area contributed by atoms with Crippen LogP contribution >= 0.6 is 11.6 Å². The van der Waals surface area contributed by atoms with E-state index in [1.54, 1.807) is 37.4 Å². The highest BCUT2D eigenvalue weighted by Crippen LogP contribution is 2.28. The lowest BCUT2D eigenvalue weighted by Crippen LogP contribution is -1.95. The van der Waals surface area contributed by atoms with Crippen molar-refractivity contribution in [2.75, 3.05) is 0 Å². The van der Waals surface area contributed by atoms with Gasteiger partial charge in [0, 0.05) is 0 Å². The Morgan fingerprint density at radius 1 is 1.24 bits per heavy atom. The number of pyridine rings is 1. The van der Waals surface area contributed by atoms with Crippen LogP contribution in [0, 0.1) is 0 Å². The number of ether oxygens (including phenoxy) is 1. The van der Waals surface area contributed by atoms with Crippen molar-refractivity contribution >= 4 is 11.6 Å². The second kappa shape index (κ2) is 5.17. The maximum atomic E-state index is 9.32. The van der Waals surface area contributed by atoms with E-state index in [0.29, 0.717) is 22.2 Å². The minimum atomic E-state index is -0.579. The number of para-hydroxylation sites is 1. The van der Waals surface area contributed by atoms with E-state index >= 15 is 0 Å². The molecule has 0 saturated carbocycles. The van der Waals surface area contributed by atoms with Gasteiger partial charge in [-0.3, -0.25) is 4.98 Å². The first-order chi connectivity index (χ1) is 8.16. The Hall–Kier alpha value is -1.58. The van der Waals surface area contributed by atoms with Crippen LogP contribution in [0.4, 0.5) is 0 Å². The molecule has 0 bridgehead atoms. The summed E-state index contributed by atoms with van der Waals surface area (Å²) < 4.78 is 5.57. The molecule has 0 aliphatic rings. The van der Waals surface area contributed by atoms with E-state index < -0.39 is 6.10 Å². The van der Waals surface area contributed by atoms with E-state index in [4.69, 9.17) is 16.3 Å². The Labute approximate surface area is 105 Å². The van der Waals surface area contributed by atoms with Crippen LogP contribution in [0.15, 0.2) is 42.6 Å². The number of hydrogen-bond donors (Lipinski definition) is 1. The summed E-state index contributed by atoms with van der Waals surface area (Å²) >= 11 is 5.97. The zero-order chi connectivity index (χ0) is 12.3. The normalized spacial score (nSPS) is 12.2. The molecule has 17 heavy (non-hydrogen) atoms. The van der Waals surface area contributed by atoms with Gasteiger partial charge in [0.15, 0.2) is 0 Å². The van der Waals surface area contributed by atoms with E-state index in [2.05, 4.69) is 4.98 Å². The lowest BCUT2D eigenvalue weighted by molar-refractivity contribution is 0.194. The van der Waals surface area contributed by atoms with E-state index in [1.165, 1.54) is 0 Å². The summed E-state index contributed by atoms with van der Waals surface area (Å²) in [6, 6.07) is 10.7. The molecule has 0 amide bonds. The third-order valence-corrected chi connectivity index (χ3v) is 2.56. The van der Waals surface area contributed by atoms with Crippen molar-refractivity contribution in [3.63, 3.8) is 0 Å². The Kier molecular flexibility index (Phi) is 3.61. The molecule has 0 spiro atoms. The van der Waals surface area contributed by atoms with Gasteiger partial charge >= 0.3 is 0 Å². The molecule has 1 aromatic carbocycles. The summed E-state index contributed by atoms with van der Waals surface area (Å²) in [5.41, 5.74) is 0.608. The lowest BCUT2D eigenvalue weighted by atomic mass is 10.2. The van der Waals surface area contributed by atoms with Gasteiger partial charge in [0.05, 0.1) is 23.0 Å². The van der Waals surface area contributed by atoms with Crippen molar-refractivity contribution in [2.45, 2.75) is 13.0 Å². The van der Waals surface area contributed by atoms with Crippen LogP contribution < -0.4 is 4.74 Å². The molecule has 4 heteroatoms. The highest BCUT2D eigenvalue weighted by molar-refractivity contribution is 6.32. The van der Waals surface area contributed by atoms with Crippen LogP contribution in [0.2, 0.25) is 5.02 Å². The van der Waals surface area contributed by atoms with Crippen molar-refractivity contribution in [2.24, 2.45) is 0 Å². The van der Waals surface area contributed by atoms with Gasteiger partial charge < -0.3 is 9.84 Å². The molecule has 0 aliphatic carbocycles. The summed E-state index contributed by atoms with van der Waals surface area (Å²) in [5.74, 6) is 1.17. The second-order valence-electron chi connectivity index (χ2n) is 3.63. The first-order valence-corrected chi connectivity index (χ1v) is 5.61. The molecule has 0 fully saturated rings. The Balaban J connectivity index is 2.17. The Morgan fingerprint density at radius 3 is 2.59 bits per heavy atom. The van der Waals surface area contributed by atoms with Gasteiger partial charge in [-0.1, -0.05) is 23.7 Å². The van der Waals surface area contributed by atoms with Gasteiger partial charge in [-0.05, 0) is 31.2 Å². The summed E-state index contributed by atoms with van der Waals surface area (Å²) in [5, 5.41) is 9.87. The average molecular weight is 250 g/mol. The number of aromatic nitrogens is 1. The molecule has 0 aliphatic heterocycles. The first-order valence-electron chi connectivity index (χ1n) is 5.23. The molecule has 2 rings (SSSR count). The summed E-state index contributed by atoms with van der Waals surface area (Å²) in [6.45, 7) is 1.66. The van der Waals surface area contributed by atoms with Crippen molar-refractivity contribution in [1.82, 2.24) is 4.98 Å². The fraction of sp³-hybridized carbons (Fsp3) is 0.154. The van der Waals surface area contributed by atoms with E-state index in [9.17, 15) is 5.11 Å². The standard InChI is InChI=1S/C13H12ClNO2/c1-9(16)12-7-6-10(8-15-12)17-13-5-3-2-4-11(13)14/h2-9,16H,1H3. The predicted molar refractivity (Wildman–Crippen MR) is 66.4 cm³/mol. The van der Waals surface area contributed by atoms with Crippen molar-refractivity contribution in [1.29, 1.82) is 0 Å². The molecule has 88 valence electrons. The fourth-order valence-electron chi connectivity index (χ4n) is 1.35. The molecule has 2 aromatic rings. The monoisotopic (exact) mass is 249 g/mol. The first kappa shape index (κ1) is 11.9. The Bertz CT molecular complexity index is 497. The second-order valence-corrected chi connectivity index (χ2v) is 4.03. The predicted octanol–water partition coefficient (Wildman–Crippen LogP) is 3.58. The molecule has 3 nitrogen and oxygen atoms in total. The van der Waals surface area contributed by atoms with E-state index in [-0.39, 0.29) is 0 Å². The van der Waals surface area contributed by atoms with Gasteiger partial charge in [-0.25, -0.2) is 0 Å². The minimum absolute atomic E-state index is 0.548. The average Bonchev–Trinajstić information content (AvgIpc) is 2.33. The summed E-state index contributed by atoms with van der Waals surface area (Å²) in [7, 11) is 0. The molecule has 1 aromatic heterocycles. The third-order valence-electron chi connectivity index (χ3n) is 2.25. The molecular weight excluding hydrogens is 238 g/mol. The van der Waals surface area contributed by atoms with Crippen LogP contribution in [0.25, 0.3) is 0 Å². The van der Waals surface area contributed by atoms with Crippen molar-refractivity contribution in [3.8, 4) is 11.5 Å². The Morgan fingerprint density at radius 2 is 2.00 bits per heavy atom. The summed E-state index contributed by atoms with van der Waals surface area (Å²) in [4.78, 5) is 4.09. The fourth-order valence-corrected chi connectivity index (χ4v) is 1.53. The number of aliphatic hydroxyl groups is 1. The molecule has 1 N–H and O–H groups in total. The number of benzene rings is 1. The molecule has 1 atom stereocenters. The largest absolute Gasteiger partial charge is 0.454 e. The van der Waals surface area contributed by atoms with Gasteiger partial charge in [-0.2, -0.15) is 0 Å². The van der Waals surface area contributed by atoms with Crippen LogP contribution in [0.3, 0.4) is 0 Å². The molecule has 1 unspecified atom stereocenters. The number of halogens is 1. The topological polar surface area (TPSA) is 42.4 Å². The highest BCUT2D eigenvalue weighted by atomic mass is 35.5. The van der Waals surface area contributed by atoms with Crippen molar-refractivity contribution < 1.29 is 9.84 Å². The van der Waals surface area contributed by atoms with Gasteiger partial charge in [-0.15, -0.1) is 0 Å². The zero-order valence-corrected chi connectivity index (χ0v) is 10.1. The van der Waals surface area contributed by atoms with Crippen LogP contribution in [0.5, 0.6) is 11.5 Å². The van der Waals surface area contributed by atoms with E-state index in [1.807, 2.05) is 12.1 Å². The number of nitrogens with zero attached hydrogens (tertiary/aromatic N) is 1. The number of aliphatic hydroxyl groups excluding tert-OH is 1. The lowest BCUT2D eigenvalue weighted by Gasteiger charge is -2.08. The maximum absolute atomic E-state index is 9.32. The summed E-state index contributed by atoms with van der Waals surface area (Å²) in [6.07, 6.45) is 0.982. The molecule has 1 heterocycles. The smallest absolute Gasteiger partial charge is 0.146 e. The van der Waals surface area contributed by atoms with Crippen LogP contribution in [-0.2, 0) is 0 Å². The van der Waals surface area contributed by atoms with Crippen LogP contribution in [-0.4, -0.2) is 10.1 Å². The van der Waals surface area contributed by atoms with Gasteiger partial charge in [0.25, 0.3) is 0 Å². The minimum Gasteiger partial charge on any atom is -0.454 e. The zero-order valence-electron chi connectivity index (χ0n) is 9.30. The number of hydrogen-bond acceptors (Lipinski definition) is 3.